The van der Waals surface area contributed by atoms with Crippen LogP contribution < -0.4 is 17.6 Å². The summed E-state index contributed by atoms with van der Waals surface area (Å²) in [4.78, 5) is 0. The van der Waals surface area contributed by atoms with E-state index in [9.17, 15) is 0 Å². The maximum absolute atomic E-state index is 2.33. The molecule has 5 rings (SSSR count). The summed E-state index contributed by atoms with van der Waals surface area (Å²) in [6, 6.07) is 53.4. The second-order valence-corrected chi connectivity index (χ2v) is 88.3. The summed E-state index contributed by atoms with van der Waals surface area (Å²) >= 11 is -1.41. The Morgan fingerprint density at radius 3 is 0.421 bits per heavy atom. The molecule has 0 spiro atoms. The fourth-order valence-electron chi connectivity index (χ4n) is 2.74. The van der Waals surface area contributed by atoms with Crippen molar-refractivity contribution in [2.75, 3.05) is 0 Å². The molecule has 76 heavy (non-hydrogen) atoms. The molecule has 0 N–H and O–H groups in total. The van der Waals surface area contributed by atoms with Crippen LogP contribution in [0.3, 0.4) is 0 Å². The third-order valence-electron chi connectivity index (χ3n) is 4.30. The zero-order valence-corrected chi connectivity index (χ0v) is 89.9. The maximum atomic E-state index is 2.33. The van der Waals surface area contributed by atoms with E-state index in [4.69, 9.17) is 0 Å². The van der Waals surface area contributed by atoms with Gasteiger partial charge in [0.1, 0.15) is 0 Å². The molecule has 0 amide bonds. The Hall–Kier alpha value is 6.44. The van der Waals surface area contributed by atoms with Crippen molar-refractivity contribution in [3.63, 3.8) is 0 Å². The van der Waals surface area contributed by atoms with Crippen molar-refractivity contribution in [2.45, 2.75) is 174 Å². The topological polar surface area (TPSA) is 0 Å². The van der Waals surface area contributed by atoms with Crippen molar-refractivity contribution in [1.82, 2.24) is 0 Å². The van der Waals surface area contributed by atoms with Gasteiger partial charge in [-0.15, -0.1) is 0 Å². The third-order valence-corrected chi connectivity index (χ3v) is 11.5. The van der Waals surface area contributed by atoms with Crippen LogP contribution in [-0.4, -0.2) is 284 Å². The summed E-state index contributed by atoms with van der Waals surface area (Å²) in [5.74, 6) is 67.5. The van der Waals surface area contributed by atoms with Gasteiger partial charge in [-0.25, -0.2) is 0 Å². The Labute approximate surface area is 616 Å². The standard InChI is InChI=1S/5C6H5.9C3H9Ge.C2H6Ge.CH4.6Sb/c5*1-2-4-6-5-3-1;9*1-4(2)3;1-3-2;;;;;;;/h5*1-5H;9*1-3H3;1-2H3;1H4;;;;;;. The SMILES string of the molecule is C.[CH3][Ge]([CH3])[CH3].[CH3][Ge]([CH3])[CH3].[CH3][Ge]([CH3])[CH3].[CH3][Ge]([CH3])[CH3].[CH3][Ge]([CH3])[CH3].[CH3][Ge]([CH3])[CH3].[CH3][Ge]([CH3])[CH3].[CH3][Ge]([CH3])[CH3].[CH3][Ge]([CH3])[CH3].[CH3][Ge][CH3].[Sb].[Sb].[Sb].[Sb][c]1ccccc1.c1cc[c]([Sb][c]2ccccc2)cc1.c1cc[c]([Sb][c]2ccccc2)cc1. The molecule has 0 atom stereocenters. The quantitative estimate of drug-likeness (QED) is 0.157. The van der Waals surface area contributed by atoms with Gasteiger partial charge in [0.05, 0.1) is 0 Å². The average molecular weight is 2290 g/mol. The van der Waals surface area contributed by atoms with Crippen LogP contribution >= 0.6 is 0 Å². The van der Waals surface area contributed by atoms with Crippen molar-refractivity contribution >= 4 is 302 Å². The molecule has 0 nitrogen and oxygen atoms in total. The van der Waals surface area contributed by atoms with E-state index in [2.05, 4.69) is 300 Å². The summed E-state index contributed by atoms with van der Waals surface area (Å²) in [7, 11) is 0. The molecule has 0 unspecified atom stereocenters. The van der Waals surface area contributed by atoms with E-state index >= 15 is 0 Å². The van der Waals surface area contributed by atoms with E-state index in [0.717, 1.165) is 0 Å². The molecular formula is C60H116Ge10Sb6. The van der Waals surface area contributed by atoms with Crippen molar-refractivity contribution in [3.05, 3.63) is 152 Å². The normalized spacial score (nSPS) is 8.67. The molecule has 0 saturated carbocycles. The first-order valence-corrected chi connectivity index (χ1v) is 92.4. The van der Waals surface area contributed by atoms with Gasteiger partial charge >= 0.3 is 547 Å². The predicted molar refractivity (Wildman–Crippen MR) is 399 cm³/mol. The van der Waals surface area contributed by atoms with Crippen LogP contribution in [0.15, 0.2) is 152 Å². The van der Waals surface area contributed by atoms with Crippen LogP contribution in [0.5, 0.6) is 0 Å². The van der Waals surface area contributed by atoms with E-state index in [1.165, 1.54) is 17.6 Å². The summed E-state index contributed by atoms with van der Waals surface area (Å²) in [5.41, 5.74) is 0. The predicted octanol–water partition coefficient (Wildman–Crippen LogP) is 15.8. The minimum absolute atomic E-state index is 0. The fourth-order valence-corrected chi connectivity index (χ4v) is 8.60. The molecule has 0 aromatic heterocycles. The monoisotopic (exact) mass is 2300 g/mol. The Balaban J connectivity index is -0.0000000607. The number of rotatable bonds is 4. The second kappa shape index (κ2) is 90.2. The van der Waals surface area contributed by atoms with Gasteiger partial charge in [-0.1, -0.05) is 7.43 Å². The van der Waals surface area contributed by atoms with Crippen molar-refractivity contribution in [1.29, 1.82) is 0 Å². The molecule has 16 heteroatoms. The Bertz CT molecular complexity index is 1370. The van der Waals surface area contributed by atoms with Gasteiger partial charge in [0.15, 0.2) is 0 Å². The average Bonchev–Trinajstić information content (AvgIpc) is 3.22. The van der Waals surface area contributed by atoms with Crippen LogP contribution in [0.1, 0.15) is 7.43 Å². The summed E-state index contributed by atoms with van der Waals surface area (Å²) in [5, 5.41) is 0. The van der Waals surface area contributed by atoms with Crippen LogP contribution in [-0.2, 0) is 0 Å². The van der Waals surface area contributed by atoms with E-state index in [1.807, 2.05) is 18.2 Å². The van der Waals surface area contributed by atoms with Crippen LogP contribution in [0, 0.1) is 0 Å². The minimum atomic E-state index is -0.335. The molecule has 0 saturated heterocycles. The Morgan fingerprint density at radius 2 is 0.342 bits per heavy atom. The molecule has 5 aromatic rings. The van der Waals surface area contributed by atoms with E-state index in [-0.39, 0.29) is 253 Å². The van der Waals surface area contributed by atoms with Crippen LogP contribution in [0.25, 0.3) is 0 Å². The molecular weight excluding hydrogens is 2180 g/mol. The van der Waals surface area contributed by atoms with Gasteiger partial charge in [0, 0.05) is 73.3 Å². The molecule has 426 valence electrons. The number of benzene rings is 5. The first-order chi connectivity index (χ1) is 33.3. The molecule has 0 heterocycles. The van der Waals surface area contributed by atoms with Gasteiger partial charge in [-0.2, -0.15) is 0 Å². The van der Waals surface area contributed by atoms with Crippen molar-refractivity contribution < 1.29 is 0 Å². The van der Waals surface area contributed by atoms with Gasteiger partial charge in [0.2, 0.25) is 0 Å². The van der Waals surface area contributed by atoms with Gasteiger partial charge < -0.3 is 0 Å². The summed E-state index contributed by atoms with van der Waals surface area (Å²) < 4.78 is 7.45. The van der Waals surface area contributed by atoms with Gasteiger partial charge in [-0.3, -0.25) is 0 Å². The van der Waals surface area contributed by atoms with Crippen molar-refractivity contribution in [3.8, 4) is 0 Å². The zero-order valence-electron chi connectivity index (χ0n) is 53.6. The van der Waals surface area contributed by atoms with Crippen LogP contribution in [0.2, 0.25) is 167 Å². The fraction of sp³-hybridized carbons (Fsp3) is 0.500. The zero-order chi connectivity index (χ0) is 57.9. The molecule has 0 aliphatic rings. The van der Waals surface area contributed by atoms with Crippen molar-refractivity contribution in [2.24, 2.45) is 0 Å². The molecule has 0 aliphatic heterocycles. The number of hydrogen-bond acceptors (Lipinski definition) is 0. The first-order valence-electron chi connectivity index (χ1n) is 25.2. The molecule has 0 fully saturated rings. The first kappa shape index (κ1) is 110. The summed E-state index contributed by atoms with van der Waals surface area (Å²) in [6.45, 7) is 0. The Kier molecular flexibility index (Phi) is 131. The van der Waals surface area contributed by atoms with Gasteiger partial charge in [-0.05, 0) is 0 Å². The van der Waals surface area contributed by atoms with E-state index in [0.29, 0.717) is 15.4 Å². The Morgan fingerprint density at radius 1 is 0.250 bits per heavy atom. The molecule has 0 aliphatic carbocycles. The van der Waals surface area contributed by atoms with Gasteiger partial charge in [0.25, 0.3) is 0 Å². The third kappa shape index (κ3) is 171. The molecule has 0 bridgehead atoms. The number of hydrogen-bond donors (Lipinski definition) is 0. The molecule has 5 aromatic carbocycles. The second-order valence-electron chi connectivity index (χ2n) is 20.9. The van der Waals surface area contributed by atoms with E-state index in [1.54, 1.807) is 23.0 Å². The van der Waals surface area contributed by atoms with E-state index < -0.39 is 0 Å². The molecule has 24 radical (unpaired) electrons. The van der Waals surface area contributed by atoms with Crippen LogP contribution in [0.4, 0.5) is 0 Å². The summed E-state index contributed by atoms with van der Waals surface area (Å²) in [6.07, 6.45) is 0.